The molecule has 1 aromatic carbocycles. The molecule has 0 atom stereocenters. The first-order chi connectivity index (χ1) is 9.70. The maximum atomic E-state index is 12.3. The van der Waals surface area contributed by atoms with Gasteiger partial charge in [0.1, 0.15) is 0 Å². The number of hydrogen-bond acceptors (Lipinski definition) is 3. The number of thiophene rings is 1. The standard InChI is InChI=1S/C16H20N2OS/c1-3-17-14-8-6-13(7-9-14)16(19)18(2)11-10-15-5-4-12-20-15/h4-9,12,17H,3,10-11H2,1-2H3. The smallest absolute Gasteiger partial charge is 0.253 e. The van der Waals surface area contributed by atoms with E-state index in [0.29, 0.717) is 0 Å². The van der Waals surface area contributed by atoms with Crippen molar-refractivity contribution in [3.8, 4) is 0 Å². The molecule has 2 aromatic rings. The van der Waals surface area contributed by atoms with E-state index in [1.165, 1.54) is 4.88 Å². The fourth-order valence-electron chi connectivity index (χ4n) is 1.99. The number of amides is 1. The van der Waals surface area contributed by atoms with E-state index in [1.807, 2.05) is 37.4 Å². The molecule has 0 radical (unpaired) electrons. The molecule has 0 spiro atoms. The van der Waals surface area contributed by atoms with E-state index in [9.17, 15) is 4.79 Å². The van der Waals surface area contributed by atoms with Crippen molar-refractivity contribution in [1.82, 2.24) is 4.90 Å². The van der Waals surface area contributed by atoms with Crippen LogP contribution in [0.4, 0.5) is 5.69 Å². The Kier molecular flexibility index (Phi) is 5.18. The van der Waals surface area contributed by atoms with Crippen LogP contribution in [-0.4, -0.2) is 30.9 Å². The summed E-state index contributed by atoms with van der Waals surface area (Å²) >= 11 is 1.73. The second-order valence-electron chi connectivity index (χ2n) is 4.66. The number of anilines is 1. The van der Waals surface area contributed by atoms with Crippen LogP contribution in [0.15, 0.2) is 41.8 Å². The molecule has 4 heteroatoms. The molecule has 0 aliphatic heterocycles. The van der Waals surface area contributed by atoms with Gasteiger partial charge in [0.05, 0.1) is 0 Å². The van der Waals surface area contributed by atoms with Gasteiger partial charge in [-0.25, -0.2) is 0 Å². The van der Waals surface area contributed by atoms with Crippen LogP contribution in [0.5, 0.6) is 0 Å². The number of carbonyl (C=O) groups is 1. The molecule has 106 valence electrons. The highest BCUT2D eigenvalue weighted by Gasteiger charge is 2.11. The second-order valence-corrected chi connectivity index (χ2v) is 5.70. The van der Waals surface area contributed by atoms with Crippen LogP contribution < -0.4 is 5.32 Å². The Hall–Kier alpha value is -1.81. The average molecular weight is 288 g/mol. The van der Waals surface area contributed by atoms with Crippen LogP contribution in [0.3, 0.4) is 0 Å². The molecule has 0 bridgehead atoms. The molecule has 0 fully saturated rings. The highest BCUT2D eigenvalue weighted by Crippen LogP contribution is 2.13. The minimum Gasteiger partial charge on any atom is -0.385 e. The van der Waals surface area contributed by atoms with Crippen molar-refractivity contribution in [2.75, 3.05) is 25.5 Å². The average Bonchev–Trinajstić information content (AvgIpc) is 2.98. The van der Waals surface area contributed by atoms with Gasteiger partial charge in [-0.3, -0.25) is 4.79 Å². The lowest BCUT2D eigenvalue weighted by Gasteiger charge is -2.17. The maximum Gasteiger partial charge on any atom is 0.253 e. The number of rotatable bonds is 6. The first-order valence-corrected chi connectivity index (χ1v) is 7.70. The van der Waals surface area contributed by atoms with E-state index in [1.54, 1.807) is 16.2 Å². The maximum absolute atomic E-state index is 12.3. The van der Waals surface area contributed by atoms with Crippen molar-refractivity contribution in [1.29, 1.82) is 0 Å². The monoisotopic (exact) mass is 288 g/mol. The molecule has 0 saturated heterocycles. The first-order valence-electron chi connectivity index (χ1n) is 6.82. The highest BCUT2D eigenvalue weighted by atomic mass is 32.1. The molecule has 3 nitrogen and oxygen atoms in total. The fourth-order valence-corrected chi connectivity index (χ4v) is 2.69. The lowest BCUT2D eigenvalue weighted by Crippen LogP contribution is -2.28. The van der Waals surface area contributed by atoms with Gasteiger partial charge in [-0.2, -0.15) is 0 Å². The van der Waals surface area contributed by atoms with E-state index in [2.05, 4.69) is 23.7 Å². The molecule has 1 heterocycles. The Morgan fingerprint density at radius 3 is 2.60 bits per heavy atom. The zero-order valence-electron chi connectivity index (χ0n) is 11.9. The van der Waals surface area contributed by atoms with Crippen LogP contribution in [0.1, 0.15) is 22.2 Å². The third-order valence-electron chi connectivity index (χ3n) is 3.13. The Bertz CT molecular complexity index is 534. The molecule has 20 heavy (non-hydrogen) atoms. The molecule has 0 unspecified atom stereocenters. The third kappa shape index (κ3) is 3.84. The second kappa shape index (κ2) is 7.10. The van der Waals surface area contributed by atoms with Crippen molar-refractivity contribution in [2.24, 2.45) is 0 Å². The Balaban J connectivity index is 1.92. The van der Waals surface area contributed by atoms with Crippen LogP contribution in [0.2, 0.25) is 0 Å². The molecule has 0 saturated carbocycles. The lowest BCUT2D eigenvalue weighted by molar-refractivity contribution is 0.0797. The summed E-state index contributed by atoms with van der Waals surface area (Å²) in [6.07, 6.45) is 0.912. The van der Waals surface area contributed by atoms with E-state index in [0.717, 1.165) is 30.8 Å². The van der Waals surface area contributed by atoms with Gasteiger partial charge in [-0.05, 0) is 49.1 Å². The van der Waals surface area contributed by atoms with Crippen LogP contribution in [0.25, 0.3) is 0 Å². The minimum absolute atomic E-state index is 0.0737. The van der Waals surface area contributed by atoms with Crippen LogP contribution in [-0.2, 0) is 6.42 Å². The molecular weight excluding hydrogens is 268 g/mol. The highest BCUT2D eigenvalue weighted by molar-refractivity contribution is 7.09. The van der Waals surface area contributed by atoms with Gasteiger partial charge in [0.15, 0.2) is 0 Å². The van der Waals surface area contributed by atoms with Crippen molar-refractivity contribution >= 4 is 22.9 Å². The van der Waals surface area contributed by atoms with Crippen molar-refractivity contribution in [2.45, 2.75) is 13.3 Å². The molecular formula is C16H20N2OS. The lowest BCUT2D eigenvalue weighted by atomic mass is 10.1. The van der Waals surface area contributed by atoms with Gasteiger partial charge >= 0.3 is 0 Å². The number of carbonyl (C=O) groups excluding carboxylic acids is 1. The van der Waals surface area contributed by atoms with E-state index < -0.39 is 0 Å². The molecule has 1 aromatic heterocycles. The predicted octanol–water partition coefficient (Wildman–Crippen LogP) is 3.49. The summed E-state index contributed by atoms with van der Waals surface area (Å²) in [5, 5.41) is 5.29. The van der Waals surface area contributed by atoms with Gasteiger partial charge < -0.3 is 10.2 Å². The van der Waals surface area contributed by atoms with Gasteiger partial charge in [0.25, 0.3) is 5.91 Å². The number of nitrogens with zero attached hydrogens (tertiary/aromatic N) is 1. The summed E-state index contributed by atoms with van der Waals surface area (Å²) in [6.45, 7) is 3.68. The van der Waals surface area contributed by atoms with Crippen molar-refractivity contribution in [3.05, 3.63) is 52.2 Å². The first kappa shape index (κ1) is 14.6. The number of nitrogens with one attached hydrogen (secondary N) is 1. The Morgan fingerprint density at radius 2 is 2.00 bits per heavy atom. The molecule has 0 aliphatic rings. The summed E-state index contributed by atoms with van der Waals surface area (Å²) < 4.78 is 0. The molecule has 0 aliphatic carbocycles. The van der Waals surface area contributed by atoms with E-state index >= 15 is 0 Å². The third-order valence-corrected chi connectivity index (χ3v) is 4.07. The van der Waals surface area contributed by atoms with Gasteiger partial charge in [-0.1, -0.05) is 6.07 Å². The van der Waals surface area contributed by atoms with Gasteiger partial charge in [0.2, 0.25) is 0 Å². The van der Waals surface area contributed by atoms with Crippen LogP contribution in [0, 0.1) is 0 Å². The zero-order chi connectivity index (χ0) is 14.4. The topological polar surface area (TPSA) is 32.3 Å². The summed E-state index contributed by atoms with van der Waals surface area (Å²) in [7, 11) is 1.86. The zero-order valence-corrected chi connectivity index (χ0v) is 12.7. The van der Waals surface area contributed by atoms with Crippen molar-refractivity contribution < 1.29 is 4.79 Å². The predicted molar refractivity (Wildman–Crippen MR) is 85.6 cm³/mol. The molecule has 2 rings (SSSR count). The van der Waals surface area contributed by atoms with Gasteiger partial charge in [-0.15, -0.1) is 11.3 Å². The summed E-state index contributed by atoms with van der Waals surface area (Å²) in [4.78, 5) is 15.4. The number of hydrogen-bond donors (Lipinski definition) is 1. The number of likely N-dealkylation sites (N-methyl/N-ethyl adjacent to an activating group) is 1. The fraction of sp³-hybridized carbons (Fsp3) is 0.312. The molecule has 1 amide bonds. The molecule has 1 N–H and O–H groups in total. The normalized spacial score (nSPS) is 10.3. The number of benzene rings is 1. The Labute approximate surface area is 124 Å². The van der Waals surface area contributed by atoms with Gasteiger partial charge in [0, 0.05) is 36.3 Å². The van der Waals surface area contributed by atoms with E-state index in [4.69, 9.17) is 0 Å². The summed E-state index contributed by atoms with van der Waals surface area (Å²) in [5.41, 5.74) is 1.78. The largest absolute Gasteiger partial charge is 0.385 e. The summed E-state index contributed by atoms with van der Waals surface area (Å²) in [5.74, 6) is 0.0737. The SMILES string of the molecule is CCNc1ccc(C(=O)N(C)CCc2cccs2)cc1. The summed E-state index contributed by atoms with van der Waals surface area (Å²) in [6, 6.07) is 11.8. The Morgan fingerprint density at radius 1 is 1.25 bits per heavy atom. The quantitative estimate of drug-likeness (QED) is 0.882. The van der Waals surface area contributed by atoms with E-state index in [-0.39, 0.29) is 5.91 Å². The van der Waals surface area contributed by atoms with Crippen LogP contribution >= 0.6 is 11.3 Å². The van der Waals surface area contributed by atoms with Crippen molar-refractivity contribution in [3.63, 3.8) is 0 Å². The minimum atomic E-state index is 0.0737.